The van der Waals surface area contributed by atoms with E-state index in [1.54, 1.807) is 18.4 Å². The van der Waals surface area contributed by atoms with E-state index >= 15 is 0 Å². The molecule has 0 spiro atoms. The largest absolute Gasteiger partial charge is 0.497 e. The molecule has 1 atom stereocenters. The van der Waals surface area contributed by atoms with Gasteiger partial charge in [0.25, 0.3) is 0 Å². The zero-order chi connectivity index (χ0) is 16.8. The van der Waals surface area contributed by atoms with Crippen molar-refractivity contribution in [2.24, 2.45) is 0 Å². The van der Waals surface area contributed by atoms with Gasteiger partial charge in [-0.1, -0.05) is 24.3 Å². The summed E-state index contributed by atoms with van der Waals surface area (Å²) in [6.07, 6.45) is 2.66. The molecule has 0 amide bonds. The number of rotatable bonds is 7. The summed E-state index contributed by atoms with van der Waals surface area (Å²) in [6.45, 7) is 0.753. The van der Waals surface area contributed by atoms with E-state index in [4.69, 9.17) is 4.74 Å². The lowest BCUT2D eigenvalue weighted by molar-refractivity contribution is 0.414. The average Bonchev–Trinajstić information content (AvgIpc) is 3.14. The molecule has 0 fully saturated rings. The second-order valence-electron chi connectivity index (χ2n) is 5.50. The van der Waals surface area contributed by atoms with Gasteiger partial charge in [0, 0.05) is 23.7 Å². The second kappa shape index (κ2) is 8.04. The van der Waals surface area contributed by atoms with Crippen molar-refractivity contribution < 1.29 is 9.13 Å². The van der Waals surface area contributed by atoms with Crippen LogP contribution in [0.3, 0.4) is 0 Å². The number of halogens is 1. The van der Waals surface area contributed by atoms with Crippen LogP contribution in [0, 0.1) is 5.82 Å². The van der Waals surface area contributed by atoms with Gasteiger partial charge in [0.15, 0.2) is 0 Å². The predicted octanol–water partition coefficient (Wildman–Crippen LogP) is 4.36. The molecule has 24 heavy (non-hydrogen) atoms. The molecule has 1 heterocycles. The number of benzene rings is 2. The van der Waals surface area contributed by atoms with Crippen LogP contribution in [0.1, 0.15) is 22.0 Å². The number of nitrogens with one attached hydrogen (secondary N) is 1. The van der Waals surface area contributed by atoms with Crippen molar-refractivity contribution in [2.75, 3.05) is 7.11 Å². The Balaban J connectivity index is 1.77. The Labute approximate surface area is 145 Å². The molecular weight excluding hydrogens is 323 g/mol. The predicted molar refractivity (Wildman–Crippen MR) is 94.8 cm³/mol. The number of nitrogens with zero attached hydrogens (tertiary/aromatic N) is 1. The van der Waals surface area contributed by atoms with Gasteiger partial charge in [0.05, 0.1) is 12.6 Å². The summed E-state index contributed by atoms with van der Waals surface area (Å²) in [5, 5.41) is 3.57. The van der Waals surface area contributed by atoms with Crippen molar-refractivity contribution in [1.82, 2.24) is 10.3 Å². The summed E-state index contributed by atoms with van der Waals surface area (Å²) in [5.41, 5.74) is 4.10. The lowest BCUT2D eigenvalue weighted by Gasteiger charge is -2.19. The van der Waals surface area contributed by atoms with E-state index in [1.807, 2.05) is 36.0 Å². The third-order valence-corrected chi connectivity index (χ3v) is 4.66. The van der Waals surface area contributed by atoms with Gasteiger partial charge < -0.3 is 10.1 Å². The fourth-order valence-corrected chi connectivity index (χ4v) is 3.10. The second-order valence-corrected chi connectivity index (χ2v) is 6.48. The van der Waals surface area contributed by atoms with Gasteiger partial charge in [-0.15, -0.1) is 11.3 Å². The molecule has 2 aromatic carbocycles. The Kier molecular flexibility index (Phi) is 5.56. The van der Waals surface area contributed by atoms with E-state index < -0.39 is 0 Å². The number of methoxy groups -OCH3 is 1. The molecule has 0 aliphatic rings. The van der Waals surface area contributed by atoms with E-state index in [1.165, 1.54) is 22.6 Å². The minimum atomic E-state index is -0.211. The monoisotopic (exact) mass is 342 g/mol. The average molecular weight is 342 g/mol. The number of aromatic nitrogens is 1. The summed E-state index contributed by atoms with van der Waals surface area (Å²) < 4.78 is 18.4. The first-order valence-electron chi connectivity index (χ1n) is 7.74. The van der Waals surface area contributed by atoms with Gasteiger partial charge in [0.2, 0.25) is 0 Å². The summed E-state index contributed by atoms with van der Waals surface area (Å²) in [7, 11) is 1.66. The molecule has 0 saturated heterocycles. The lowest BCUT2D eigenvalue weighted by Crippen LogP contribution is -2.22. The van der Waals surface area contributed by atoms with Crippen molar-refractivity contribution in [3.63, 3.8) is 0 Å². The van der Waals surface area contributed by atoms with E-state index in [-0.39, 0.29) is 11.9 Å². The van der Waals surface area contributed by atoms with Crippen LogP contribution in [0.5, 0.6) is 5.75 Å². The SMILES string of the molecule is COc1ccc([C@H](Cc2ccc(F)cc2)NCc2cncs2)cc1. The molecule has 0 aliphatic heterocycles. The van der Waals surface area contributed by atoms with Gasteiger partial charge in [-0.3, -0.25) is 4.98 Å². The van der Waals surface area contributed by atoms with Crippen LogP contribution in [-0.2, 0) is 13.0 Å². The first-order valence-corrected chi connectivity index (χ1v) is 8.61. The van der Waals surface area contributed by atoms with Gasteiger partial charge >= 0.3 is 0 Å². The quantitative estimate of drug-likeness (QED) is 0.692. The molecule has 0 unspecified atom stereocenters. The highest BCUT2D eigenvalue weighted by Gasteiger charge is 2.13. The standard InChI is InChI=1S/C19H19FN2OS/c1-23-17-8-4-15(5-9-17)19(22-12-18-11-21-13-24-18)10-14-2-6-16(20)7-3-14/h2-9,11,13,19,22H,10,12H2,1H3/t19-/m0/s1. The normalized spacial score (nSPS) is 12.1. The van der Waals surface area contributed by atoms with Crippen molar-refractivity contribution >= 4 is 11.3 Å². The van der Waals surface area contributed by atoms with Crippen molar-refractivity contribution in [3.8, 4) is 5.75 Å². The van der Waals surface area contributed by atoms with Crippen molar-refractivity contribution in [2.45, 2.75) is 19.0 Å². The highest BCUT2D eigenvalue weighted by atomic mass is 32.1. The van der Waals surface area contributed by atoms with Crippen LogP contribution in [0.15, 0.2) is 60.2 Å². The van der Waals surface area contributed by atoms with Crippen molar-refractivity contribution in [1.29, 1.82) is 0 Å². The highest BCUT2D eigenvalue weighted by molar-refractivity contribution is 7.09. The molecule has 1 aromatic heterocycles. The Morgan fingerprint density at radius 3 is 2.50 bits per heavy atom. The summed E-state index contributed by atoms with van der Waals surface area (Å²) in [6, 6.07) is 14.8. The van der Waals surface area contributed by atoms with Gasteiger partial charge in [-0.05, 0) is 41.8 Å². The highest BCUT2D eigenvalue weighted by Crippen LogP contribution is 2.22. The number of hydrogen-bond acceptors (Lipinski definition) is 4. The smallest absolute Gasteiger partial charge is 0.123 e. The Bertz CT molecular complexity index is 742. The fraction of sp³-hybridized carbons (Fsp3) is 0.211. The van der Waals surface area contributed by atoms with Crippen LogP contribution in [0.4, 0.5) is 4.39 Å². The molecule has 3 rings (SSSR count). The van der Waals surface area contributed by atoms with Crippen LogP contribution in [0.25, 0.3) is 0 Å². The molecule has 0 saturated carbocycles. The van der Waals surface area contributed by atoms with Gasteiger partial charge in [-0.2, -0.15) is 0 Å². The van der Waals surface area contributed by atoms with Crippen LogP contribution in [0.2, 0.25) is 0 Å². The molecule has 0 bridgehead atoms. The van der Waals surface area contributed by atoms with E-state index in [0.29, 0.717) is 0 Å². The first kappa shape index (κ1) is 16.6. The maximum atomic E-state index is 13.1. The molecule has 3 aromatic rings. The van der Waals surface area contributed by atoms with Crippen LogP contribution < -0.4 is 10.1 Å². The zero-order valence-electron chi connectivity index (χ0n) is 13.4. The molecule has 1 N–H and O–H groups in total. The Hall–Kier alpha value is -2.24. The molecule has 0 aliphatic carbocycles. The van der Waals surface area contributed by atoms with E-state index in [9.17, 15) is 4.39 Å². The minimum absolute atomic E-state index is 0.128. The molecule has 3 nitrogen and oxygen atoms in total. The number of ether oxygens (including phenoxy) is 1. The summed E-state index contributed by atoms with van der Waals surface area (Å²) in [5.74, 6) is 0.624. The van der Waals surface area contributed by atoms with Crippen LogP contribution >= 0.6 is 11.3 Å². The zero-order valence-corrected chi connectivity index (χ0v) is 14.2. The maximum Gasteiger partial charge on any atom is 0.123 e. The fourth-order valence-electron chi connectivity index (χ4n) is 2.55. The molecule has 124 valence electrons. The van der Waals surface area contributed by atoms with Gasteiger partial charge in [-0.25, -0.2) is 4.39 Å². The summed E-state index contributed by atoms with van der Waals surface area (Å²) in [4.78, 5) is 5.30. The topological polar surface area (TPSA) is 34.1 Å². The Morgan fingerprint density at radius 1 is 1.12 bits per heavy atom. The van der Waals surface area contributed by atoms with Gasteiger partial charge in [0.1, 0.15) is 11.6 Å². The van der Waals surface area contributed by atoms with Crippen molar-refractivity contribution in [3.05, 3.63) is 82.1 Å². The minimum Gasteiger partial charge on any atom is -0.497 e. The maximum absolute atomic E-state index is 13.1. The third kappa shape index (κ3) is 4.40. The van der Waals surface area contributed by atoms with E-state index in [0.717, 1.165) is 24.3 Å². The number of thiazole rings is 1. The molecular formula is C19H19FN2OS. The summed E-state index contributed by atoms with van der Waals surface area (Å²) >= 11 is 1.63. The first-order chi connectivity index (χ1) is 11.7. The third-order valence-electron chi connectivity index (χ3n) is 3.88. The number of hydrogen-bond donors (Lipinski definition) is 1. The molecule has 5 heteroatoms. The lowest BCUT2D eigenvalue weighted by atomic mass is 9.98. The van der Waals surface area contributed by atoms with Crippen LogP contribution in [-0.4, -0.2) is 12.1 Å². The van der Waals surface area contributed by atoms with E-state index in [2.05, 4.69) is 22.4 Å². The Morgan fingerprint density at radius 2 is 1.88 bits per heavy atom. The molecule has 0 radical (unpaired) electrons.